The van der Waals surface area contributed by atoms with Crippen LogP contribution in [0.25, 0.3) is 102 Å². The molecule has 0 saturated heterocycles. The molecule has 0 unspecified atom stereocenters. The minimum atomic E-state index is 0.748. The second-order valence-electron chi connectivity index (χ2n) is 12.9. The van der Waals surface area contributed by atoms with E-state index in [0.717, 1.165) is 38.2 Å². The molecule has 0 aliphatic carbocycles. The monoisotopic (exact) mass is 685 g/mol. The van der Waals surface area contributed by atoms with E-state index in [1.807, 2.05) is 29.5 Å². The number of aromatic nitrogens is 3. The van der Waals surface area contributed by atoms with Crippen molar-refractivity contribution < 1.29 is 0 Å². The fourth-order valence-electron chi connectivity index (χ4n) is 7.76. The van der Waals surface area contributed by atoms with Crippen LogP contribution in [-0.4, -0.2) is 14.5 Å². The van der Waals surface area contributed by atoms with Gasteiger partial charge in [0.1, 0.15) is 0 Å². The zero-order chi connectivity index (χ0) is 33.5. The molecule has 4 heterocycles. The van der Waals surface area contributed by atoms with E-state index in [1.54, 1.807) is 11.3 Å². The van der Waals surface area contributed by atoms with Gasteiger partial charge >= 0.3 is 0 Å². The summed E-state index contributed by atoms with van der Waals surface area (Å²) in [5.74, 6) is 0.748. The molecule has 51 heavy (non-hydrogen) atoms. The van der Waals surface area contributed by atoms with Crippen molar-refractivity contribution in [3.05, 3.63) is 164 Å². The van der Waals surface area contributed by atoms with Gasteiger partial charge in [-0.3, -0.25) is 0 Å². The van der Waals surface area contributed by atoms with Crippen LogP contribution < -0.4 is 0 Å². The van der Waals surface area contributed by atoms with Crippen LogP contribution in [-0.2, 0) is 0 Å². The van der Waals surface area contributed by atoms with Gasteiger partial charge in [0.2, 0.25) is 0 Å². The average molecular weight is 686 g/mol. The molecule has 11 rings (SSSR count). The van der Waals surface area contributed by atoms with E-state index < -0.39 is 0 Å². The fourth-order valence-corrected chi connectivity index (χ4v) is 10.4. The zero-order valence-electron chi connectivity index (χ0n) is 27.2. The second-order valence-corrected chi connectivity index (χ2v) is 14.9. The molecule has 0 amide bonds. The van der Waals surface area contributed by atoms with Crippen LogP contribution in [0.15, 0.2) is 164 Å². The molecule has 0 spiro atoms. The summed E-state index contributed by atoms with van der Waals surface area (Å²) in [6.45, 7) is 0. The van der Waals surface area contributed by atoms with Crippen LogP contribution in [0.5, 0.6) is 0 Å². The summed E-state index contributed by atoms with van der Waals surface area (Å²) in [4.78, 5) is 10.4. The molecule has 0 aliphatic heterocycles. The molecule has 0 fully saturated rings. The van der Waals surface area contributed by atoms with E-state index in [2.05, 4.69) is 150 Å². The molecule has 0 aliphatic rings. The molecular formula is C46H27N3S2. The highest BCUT2D eigenvalue weighted by molar-refractivity contribution is 7.28. The molecular weight excluding hydrogens is 659 g/mol. The van der Waals surface area contributed by atoms with Crippen molar-refractivity contribution in [2.75, 3.05) is 0 Å². The van der Waals surface area contributed by atoms with Gasteiger partial charge in [-0.15, -0.1) is 22.7 Å². The first-order chi connectivity index (χ1) is 25.3. The van der Waals surface area contributed by atoms with Crippen molar-refractivity contribution in [1.29, 1.82) is 0 Å². The molecule has 11 aromatic rings. The quantitative estimate of drug-likeness (QED) is 0.185. The summed E-state index contributed by atoms with van der Waals surface area (Å²) in [5.41, 5.74) is 10.2. The summed E-state index contributed by atoms with van der Waals surface area (Å²) in [6, 6.07) is 58.5. The normalized spacial score (nSPS) is 11.9. The van der Waals surface area contributed by atoms with Gasteiger partial charge < -0.3 is 4.57 Å². The lowest BCUT2D eigenvalue weighted by Crippen LogP contribution is -1.93. The van der Waals surface area contributed by atoms with Gasteiger partial charge in [0.05, 0.1) is 26.9 Å². The molecule has 0 atom stereocenters. The molecule has 7 aromatic carbocycles. The summed E-state index contributed by atoms with van der Waals surface area (Å²) < 4.78 is 7.39. The highest BCUT2D eigenvalue weighted by Gasteiger charge is 2.22. The molecule has 238 valence electrons. The van der Waals surface area contributed by atoms with Gasteiger partial charge in [0, 0.05) is 69.0 Å². The summed E-state index contributed by atoms with van der Waals surface area (Å²) in [6.07, 6.45) is 0. The van der Waals surface area contributed by atoms with Crippen LogP contribution in [0.4, 0.5) is 0 Å². The zero-order valence-corrected chi connectivity index (χ0v) is 28.9. The molecule has 0 saturated carbocycles. The number of nitrogens with zero attached hydrogens (tertiary/aromatic N) is 3. The number of para-hydroxylation sites is 2. The topological polar surface area (TPSA) is 30.7 Å². The first-order valence-electron chi connectivity index (χ1n) is 17.1. The number of benzene rings is 7. The lowest BCUT2D eigenvalue weighted by Gasteiger charge is -2.07. The smallest absolute Gasteiger partial charge is 0.160 e. The molecule has 4 aromatic heterocycles. The van der Waals surface area contributed by atoms with Gasteiger partial charge in [-0.05, 0) is 24.3 Å². The van der Waals surface area contributed by atoms with Crippen molar-refractivity contribution in [3.8, 4) is 39.5 Å². The number of rotatable bonds is 4. The van der Waals surface area contributed by atoms with Crippen LogP contribution in [0.1, 0.15) is 0 Å². The van der Waals surface area contributed by atoms with Gasteiger partial charge in [-0.1, -0.05) is 140 Å². The minimum absolute atomic E-state index is 0.748. The van der Waals surface area contributed by atoms with E-state index in [4.69, 9.17) is 9.97 Å². The van der Waals surface area contributed by atoms with Crippen molar-refractivity contribution in [1.82, 2.24) is 14.5 Å². The van der Waals surface area contributed by atoms with E-state index in [-0.39, 0.29) is 0 Å². The van der Waals surface area contributed by atoms with Crippen molar-refractivity contribution in [2.24, 2.45) is 0 Å². The first-order valence-corrected chi connectivity index (χ1v) is 18.7. The van der Waals surface area contributed by atoms with Crippen LogP contribution in [0.2, 0.25) is 0 Å². The lowest BCUT2D eigenvalue weighted by atomic mass is 10.0. The van der Waals surface area contributed by atoms with Gasteiger partial charge in [-0.25, -0.2) is 9.97 Å². The maximum absolute atomic E-state index is 5.24. The predicted molar refractivity (Wildman–Crippen MR) is 218 cm³/mol. The Morgan fingerprint density at radius 1 is 0.392 bits per heavy atom. The first kappa shape index (κ1) is 28.7. The highest BCUT2D eigenvalue weighted by Crippen LogP contribution is 2.49. The second kappa shape index (κ2) is 11.2. The maximum atomic E-state index is 5.24. The molecule has 0 radical (unpaired) electrons. The van der Waals surface area contributed by atoms with Crippen LogP contribution >= 0.6 is 22.7 Å². The summed E-state index contributed by atoms with van der Waals surface area (Å²) in [5, 5.41) is 6.35. The standard InChI is InChI=1S/C46H27N3S2/c1-4-14-28(15-5-1)40-45-41(48-46(47-40)29-16-6-2-7-17-29)36-24-13-23-32(43(36)51-45)31-21-12-22-33-34-26-27-38-39(44(34)50-42(31)33)35-20-10-11-25-37(35)49(38)30-18-8-3-9-19-30/h1-27H. The Morgan fingerprint density at radius 2 is 0.980 bits per heavy atom. The molecule has 3 nitrogen and oxygen atoms in total. The van der Waals surface area contributed by atoms with Crippen molar-refractivity contribution in [2.45, 2.75) is 0 Å². The molecule has 0 bridgehead atoms. The third kappa shape index (κ3) is 4.29. The Kier molecular flexibility index (Phi) is 6.29. The maximum Gasteiger partial charge on any atom is 0.160 e. The third-order valence-electron chi connectivity index (χ3n) is 10.0. The predicted octanol–water partition coefficient (Wildman–Crippen LogP) is 13.3. The Morgan fingerprint density at radius 3 is 1.75 bits per heavy atom. The Labute approximate surface area is 301 Å². The number of hydrogen-bond acceptors (Lipinski definition) is 4. The van der Waals surface area contributed by atoms with Gasteiger partial charge in [0.15, 0.2) is 5.82 Å². The largest absolute Gasteiger partial charge is 0.309 e. The van der Waals surface area contributed by atoms with Crippen molar-refractivity contribution in [3.63, 3.8) is 0 Å². The Balaban J connectivity index is 1.19. The third-order valence-corrected chi connectivity index (χ3v) is 12.5. The molecule has 0 N–H and O–H groups in total. The van der Waals surface area contributed by atoms with Crippen molar-refractivity contribution >= 4 is 85.0 Å². The Hall–Kier alpha value is -6.14. The number of thiophene rings is 2. The Bertz CT molecular complexity index is 3120. The summed E-state index contributed by atoms with van der Waals surface area (Å²) in [7, 11) is 0. The average Bonchev–Trinajstić information content (AvgIpc) is 3.88. The SMILES string of the molecule is c1ccc(-c2nc(-c3ccccc3)c3sc4c(-c5cccc6c5sc5c6ccc6c5c5ccccc5n6-c5ccccc5)cccc4c3n2)cc1. The van der Waals surface area contributed by atoms with Crippen LogP contribution in [0.3, 0.4) is 0 Å². The number of fused-ring (bicyclic) bond motifs is 10. The minimum Gasteiger partial charge on any atom is -0.309 e. The lowest BCUT2D eigenvalue weighted by molar-refractivity contribution is 1.18. The van der Waals surface area contributed by atoms with Crippen LogP contribution in [0, 0.1) is 0 Å². The van der Waals surface area contributed by atoms with E-state index in [1.165, 1.54) is 63.5 Å². The number of hydrogen-bond donors (Lipinski definition) is 0. The fraction of sp³-hybridized carbons (Fsp3) is 0. The van der Waals surface area contributed by atoms with Gasteiger partial charge in [-0.2, -0.15) is 0 Å². The van der Waals surface area contributed by atoms with E-state index >= 15 is 0 Å². The summed E-state index contributed by atoms with van der Waals surface area (Å²) >= 11 is 3.72. The van der Waals surface area contributed by atoms with E-state index in [9.17, 15) is 0 Å². The van der Waals surface area contributed by atoms with E-state index in [0.29, 0.717) is 0 Å². The molecule has 5 heteroatoms. The van der Waals surface area contributed by atoms with Gasteiger partial charge in [0.25, 0.3) is 0 Å². The highest BCUT2D eigenvalue weighted by atomic mass is 32.1.